The van der Waals surface area contributed by atoms with Crippen molar-refractivity contribution < 1.29 is 4.39 Å². The zero-order valence-electron chi connectivity index (χ0n) is 13.1. The largest absolute Gasteiger partial charge is 0.328 e. The van der Waals surface area contributed by atoms with E-state index in [-0.39, 0.29) is 11.9 Å². The number of aromatic nitrogens is 2. The Bertz CT molecular complexity index is 593. The predicted octanol–water partition coefficient (Wildman–Crippen LogP) is 2.93. The first kappa shape index (κ1) is 15.9. The summed E-state index contributed by atoms with van der Waals surface area (Å²) < 4.78 is 15.5. The third-order valence-electron chi connectivity index (χ3n) is 3.81. The standard InChI is InChI=1S/C16H25FN4/c1-4-5-8-20(3)11-16-19-14-9-13(17)6-7-15(14)21(16)12(2)10-18/h6-7,9,12H,4-5,8,10-11,18H2,1-3H3. The lowest BCUT2D eigenvalue weighted by molar-refractivity contribution is 0.305. The summed E-state index contributed by atoms with van der Waals surface area (Å²) in [5, 5.41) is 0. The van der Waals surface area contributed by atoms with Crippen LogP contribution in [0.4, 0.5) is 4.39 Å². The number of imidazole rings is 1. The number of benzene rings is 1. The first-order valence-corrected chi connectivity index (χ1v) is 7.61. The van der Waals surface area contributed by atoms with Gasteiger partial charge < -0.3 is 10.3 Å². The van der Waals surface area contributed by atoms with Crippen LogP contribution < -0.4 is 5.73 Å². The van der Waals surface area contributed by atoms with E-state index in [0.717, 1.165) is 30.9 Å². The molecule has 1 aromatic heterocycles. The Hall–Kier alpha value is -1.46. The van der Waals surface area contributed by atoms with Crippen LogP contribution >= 0.6 is 0 Å². The van der Waals surface area contributed by atoms with Crippen LogP contribution in [-0.4, -0.2) is 34.6 Å². The highest BCUT2D eigenvalue weighted by atomic mass is 19.1. The van der Waals surface area contributed by atoms with E-state index in [4.69, 9.17) is 5.73 Å². The third-order valence-corrected chi connectivity index (χ3v) is 3.81. The molecule has 116 valence electrons. The van der Waals surface area contributed by atoms with Gasteiger partial charge in [0, 0.05) is 18.7 Å². The summed E-state index contributed by atoms with van der Waals surface area (Å²) in [6.07, 6.45) is 2.34. The zero-order chi connectivity index (χ0) is 15.4. The van der Waals surface area contributed by atoms with Crippen molar-refractivity contribution >= 4 is 11.0 Å². The molecule has 1 atom stereocenters. The Morgan fingerprint density at radius 2 is 2.19 bits per heavy atom. The molecule has 1 aromatic carbocycles. The highest BCUT2D eigenvalue weighted by Crippen LogP contribution is 2.22. The molecule has 0 aliphatic heterocycles. The number of rotatable bonds is 7. The Morgan fingerprint density at radius 1 is 1.43 bits per heavy atom. The Labute approximate surface area is 125 Å². The van der Waals surface area contributed by atoms with Crippen LogP contribution in [0.1, 0.15) is 38.6 Å². The van der Waals surface area contributed by atoms with E-state index in [2.05, 4.69) is 35.3 Å². The number of unbranched alkanes of at least 4 members (excludes halogenated alkanes) is 1. The quantitative estimate of drug-likeness (QED) is 0.853. The van der Waals surface area contributed by atoms with Crippen LogP contribution in [0.3, 0.4) is 0 Å². The molecule has 2 rings (SSSR count). The summed E-state index contributed by atoms with van der Waals surface area (Å²) in [4.78, 5) is 6.87. The highest BCUT2D eigenvalue weighted by molar-refractivity contribution is 5.76. The lowest BCUT2D eigenvalue weighted by Crippen LogP contribution is -2.24. The molecule has 1 heterocycles. The maximum absolute atomic E-state index is 13.4. The molecule has 0 aliphatic rings. The second kappa shape index (κ2) is 7.00. The molecule has 4 nitrogen and oxygen atoms in total. The third kappa shape index (κ3) is 3.60. The van der Waals surface area contributed by atoms with Gasteiger partial charge in [-0.2, -0.15) is 0 Å². The van der Waals surface area contributed by atoms with Crippen molar-refractivity contribution in [2.75, 3.05) is 20.1 Å². The van der Waals surface area contributed by atoms with E-state index in [9.17, 15) is 4.39 Å². The summed E-state index contributed by atoms with van der Waals surface area (Å²) in [5.41, 5.74) is 7.48. The number of halogens is 1. The fourth-order valence-electron chi connectivity index (χ4n) is 2.58. The van der Waals surface area contributed by atoms with E-state index in [0.29, 0.717) is 12.1 Å². The molecule has 0 fully saturated rings. The molecule has 0 saturated heterocycles. The van der Waals surface area contributed by atoms with Crippen molar-refractivity contribution in [1.29, 1.82) is 0 Å². The van der Waals surface area contributed by atoms with Crippen LogP contribution in [0.15, 0.2) is 18.2 Å². The summed E-state index contributed by atoms with van der Waals surface area (Å²) in [7, 11) is 2.09. The van der Waals surface area contributed by atoms with Gasteiger partial charge in [-0.05, 0) is 39.1 Å². The van der Waals surface area contributed by atoms with E-state index in [1.807, 2.05) is 0 Å². The average molecular weight is 292 g/mol. The van der Waals surface area contributed by atoms with Crippen molar-refractivity contribution in [2.45, 2.75) is 39.3 Å². The van der Waals surface area contributed by atoms with Crippen molar-refractivity contribution in [1.82, 2.24) is 14.5 Å². The van der Waals surface area contributed by atoms with Gasteiger partial charge in [0.1, 0.15) is 11.6 Å². The molecular weight excluding hydrogens is 267 g/mol. The van der Waals surface area contributed by atoms with E-state index in [1.165, 1.54) is 18.6 Å². The van der Waals surface area contributed by atoms with Crippen LogP contribution in [0, 0.1) is 5.82 Å². The maximum atomic E-state index is 13.4. The molecule has 0 aliphatic carbocycles. The van der Waals surface area contributed by atoms with Crippen molar-refractivity contribution in [3.63, 3.8) is 0 Å². The van der Waals surface area contributed by atoms with Gasteiger partial charge in [0.15, 0.2) is 0 Å². The Kier molecular flexibility index (Phi) is 5.31. The first-order chi connectivity index (χ1) is 10.1. The molecule has 2 N–H and O–H groups in total. The summed E-state index contributed by atoms with van der Waals surface area (Å²) in [5.74, 6) is 0.700. The Balaban J connectivity index is 2.36. The highest BCUT2D eigenvalue weighted by Gasteiger charge is 2.16. The van der Waals surface area contributed by atoms with Gasteiger partial charge in [0.25, 0.3) is 0 Å². The summed E-state index contributed by atoms with van der Waals surface area (Å²) in [6.45, 7) is 6.57. The average Bonchev–Trinajstić information content (AvgIpc) is 2.81. The molecule has 21 heavy (non-hydrogen) atoms. The number of hydrogen-bond acceptors (Lipinski definition) is 3. The minimum atomic E-state index is -0.251. The van der Waals surface area contributed by atoms with Crippen LogP contribution in [0.2, 0.25) is 0 Å². The van der Waals surface area contributed by atoms with Crippen molar-refractivity contribution in [3.8, 4) is 0 Å². The molecular formula is C16H25FN4. The lowest BCUT2D eigenvalue weighted by atomic mass is 10.2. The lowest BCUT2D eigenvalue weighted by Gasteiger charge is -2.20. The fourth-order valence-corrected chi connectivity index (χ4v) is 2.58. The van der Waals surface area contributed by atoms with E-state index in [1.54, 1.807) is 6.07 Å². The maximum Gasteiger partial charge on any atom is 0.125 e. The molecule has 1 unspecified atom stereocenters. The number of nitrogens with zero attached hydrogens (tertiary/aromatic N) is 3. The molecule has 5 heteroatoms. The zero-order valence-corrected chi connectivity index (χ0v) is 13.1. The van der Waals surface area contributed by atoms with Gasteiger partial charge in [-0.25, -0.2) is 9.37 Å². The monoisotopic (exact) mass is 292 g/mol. The second-order valence-corrected chi connectivity index (χ2v) is 5.71. The number of nitrogens with two attached hydrogens (primary N) is 1. The normalized spacial score (nSPS) is 13.2. The topological polar surface area (TPSA) is 47.1 Å². The van der Waals surface area contributed by atoms with Gasteiger partial charge in [-0.15, -0.1) is 0 Å². The first-order valence-electron chi connectivity index (χ1n) is 7.61. The predicted molar refractivity (Wildman–Crippen MR) is 84.7 cm³/mol. The van der Waals surface area contributed by atoms with E-state index >= 15 is 0 Å². The van der Waals surface area contributed by atoms with Gasteiger partial charge in [0.2, 0.25) is 0 Å². The summed E-state index contributed by atoms with van der Waals surface area (Å²) >= 11 is 0. The molecule has 0 spiro atoms. The molecule has 0 amide bonds. The van der Waals surface area contributed by atoms with Crippen molar-refractivity contribution in [3.05, 3.63) is 29.8 Å². The van der Waals surface area contributed by atoms with Gasteiger partial charge in [-0.1, -0.05) is 13.3 Å². The minimum Gasteiger partial charge on any atom is -0.328 e. The Morgan fingerprint density at radius 3 is 2.86 bits per heavy atom. The molecule has 0 saturated carbocycles. The van der Waals surface area contributed by atoms with Crippen LogP contribution in [0.25, 0.3) is 11.0 Å². The number of fused-ring (bicyclic) bond motifs is 1. The molecule has 0 radical (unpaired) electrons. The molecule has 2 aromatic rings. The van der Waals surface area contributed by atoms with Gasteiger partial charge in [0.05, 0.1) is 17.6 Å². The SMILES string of the molecule is CCCCN(C)Cc1nc2cc(F)ccc2n1C(C)CN. The minimum absolute atomic E-state index is 0.148. The molecule has 0 bridgehead atoms. The van der Waals surface area contributed by atoms with Crippen LogP contribution in [-0.2, 0) is 6.54 Å². The van der Waals surface area contributed by atoms with E-state index < -0.39 is 0 Å². The van der Waals surface area contributed by atoms with Gasteiger partial charge in [-0.3, -0.25) is 4.90 Å². The van der Waals surface area contributed by atoms with Crippen molar-refractivity contribution in [2.24, 2.45) is 5.73 Å². The van der Waals surface area contributed by atoms with Crippen LogP contribution in [0.5, 0.6) is 0 Å². The smallest absolute Gasteiger partial charge is 0.125 e. The summed E-state index contributed by atoms with van der Waals surface area (Å²) in [6, 6.07) is 4.91. The fraction of sp³-hybridized carbons (Fsp3) is 0.562. The number of hydrogen-bond donors (Lipinski definition) is 1. The second-order valence-electron chi connectivity index (χ2n) is 5.71. The van der Waals surface area contributed by atoms with Gasteiger partial charge >= 0.3 is 0 Å².